The van der Waals surface area contributed by atoms with Crippen molar-refractivity contribution in [3.8, 4) is 0 Å². The van der Waals surface area contributed by atoms with Crippen LogP contribution in [-0.4, -0.2) is 42.8 Å². The highest BCUT2D eigenvalue weighted by atomic mass is 16.5. The Labute approximate surface area is 171 Å². The maximum Gasteiger partial charge on any atom is 0.330 e. The van der Waals surface area contributed by atoms with Crippen LogP contribution in [0.25, 0.3) is 0 Å². The number of aryl methyl sites for hydroxylation is 1. The number of benzene rings is 2. The normalized spacial score (nSPS) is 12.8. The predicted molar refractivity (Wildman–Crippen MR) is 111 cm³/mol. The first-order chi connectivity index (χ1) is 13.7. The van der Waals surface area contributed by atoms with Gasteiger partial charge >= 0.3 is 5.97 Å². The van der Waals surface area contributed by atoms with E-state index in [1.54, 1.807) is 50.5 Å². The molecular formula is C23H28N2O4. The molecule has 1 N–H and O–H groups in total. The number of esters is 1. The number of nitrogens with one attached hydrogen (secondary N) is 1. The molecule has 6 heteroatoms. The van der Waals surface area contributed by atoms with Gasteiger partial charge in [0.25, 0.3) is 11.8 Å². The van der Waals surface area contributed by atoms with E-state index in [0.29, 0.717) is 11.1 Å². The molecule has 154 valence electrons. The van der Waals surface area contributed by atoms with Crippen LogP contribution in [0.4, 0.5) is 0 Å². The van der Waals surface area contributed by atoms with Crippen LogP contribution in [0, 0.1) is 12.8 Å². The smallest absolute Gasteiger partial charge is 0.330 e. The molecule has 0 aliphatic heterocycles. The molecule has 0 spiro atoms. The first kappa shape index (κ1) is 22.1. The van der Waals surface area contributed by atoms with Crippen LogP contribution >= 0.6 is 0 Å². The van der Waals surface area contributed by atoms with Crippen molar-refractivity contribution >= 4 is 17.8 Å². The van der Waals surface area contributed by atoms with Crippen molar-refractivity contribution in [2.45, 2.75) is 32.9 Å². The summed E-state index contributed by atoms with van der Waals surface area (Å²) in [5, 5.41) is 2.74. The molecule has 29 heavy (non-hydrogen) atoms. The number of hydrogen-bond acceptors (Lipinski definition) is 4. The molecule has 0 radical (unpaired) electrons. The molecule has 0 heterocycles. The molecule has 2 aromatic carbocycles. The third-order valence-electron chi connectivity index (χ3n) is 4.52. The van der Waals surface area contributed by atoms with Gasteiger partial charge in [0.05, 0.1) is 0 Å². The van der Waals surface area contributed by atoms with E-state index in [0.717, 1.165) is 5.56 Å². The lowest BCUT2D eigenvalue weighted by Gasteiger charge is -2.26. The molecule has 2 amide bonds. The number of carbonyl (C=O) groups is 3. The van der Waals surface area contributed by atoms with Crippen LogP contribution in [0.15, 0.2) is 54.6 Å². The largest absolute Gasteiger partial charge is 0.446 e. The van der Waals surface area contributed by atoms with Gasteiger partial charge in [0, 0.05) is 25.2 Å². The summed E-state index contributed by atoms with van der Waals surface area (Å²) in [6.07, 6.45) is -1.07. The lowest BCUT2D eigenvalue weighted by Crippen LogP contribution is -2.46. The summed E-state index contributed by atoms with van der Waals surface area (Å²) in [5.41, 5.74) is 2.07. The van der Waals surface area contributed by atoms with Crippen molar-refractivity contribution in [3.63, 3.8) is 0 Å². The molecule has 2 atom stereocenters. The Morgan fingerprint density at radius 2 is 1.52 bits per heavy atom. The Bertz CT molecular complexity index is 845. The first-order valence-electron chi connectivity index (χ1n) is 9.55. The van der Waals surface area contributed by atoms with Crippen molar-refractivity contribution in [1.82, 2.24) is 10.2 Å². The van der Waals surface area contributed by atoms with Crippen LogP contribution in [0.5, 0.6) is 0 Å². The standard InChI is InChI=1S/C23H28N2O4/c1-15(2)19(24-21(26)18-13-11-16(3)12-14-18)23(28)29-20(22(27)25(4)5)17-9-7-6-8-10-17/h6-15,19-20H,1-5H3,(H,24,26)/t19-,20?/m0/s1. The lowest BCUT2D eigenvalue weighted by atomic mass is 10.0. The first-order valence-corrected chi connectivity index (χ1v) is 9.55. The number of rotatable bonds is 7. The van der Waals surface area contributed by atoms with Crippen LogP contribution in [0.3, 0.4) is 0 Å². The Kier molecular flexibility index (Phi) is 7.53. The van der Waals surface area contributed by atoms with Gasteiger partial charge in [0.1, 0.15) is 6.04 Å². The zero-order valence-corrected chi connectivity index (χ0v) is 17.5. The van der Waals surface area contributed by atoms with E-state index in [1.165, 1.54) is 4.90 Å². The van der Waals surface area contributed by atoms with Crippen molar-refractivity contribution in [2.24, 2.45) is 5.92 Å². The molecule has 0 fully saturated rings. The van der Waals surface area contributed by atoms with Gasteiger partial charge in [0.2, 0.25) is 6.10 Å². The summed E-state index contributed by atoms with van der Waals surface area (Å²) in [7, 11) is 3.20. The molecule has 2 aromatic rings. The minimum Gasteiger partial charge on any atom is -0.446 e. The Hall–Kier alpha value is -3.15. The average Bonchev–Trinajstić information content (AvgIpc) is 2.70. The Balaban J connectivity index is 2.20. The fourth-order valence-electron chi connectivity index (χ4n) is 2.74. The summed E-state index contributed by atoms with van der Waals surface area (Å²) in [6, 6.07) is 15.0. The van der Waals surface area contributed by atoms with E-state index >= 15 is 0 Å². The van der Waals surface area contributed by atoms with Gasteiger partial charge in [-0.3, -0.25) is 9.59 Å². The van der Waals surface area contributed by atoms with Gasteiger partial charge in [0.15, 0.2) is 0 Å². The molecule has 0 aliphatic rings. The molecule has 1 unspecified atom stereocenters. The van der Waals surface area contributed by atoms with Gasteiger partial charge in [-0.15, -0.1) is 0 Å². The fourth-order valence-corrected chi connectivity index (χ4v) is 2.74. The van der Waals surface area contributed by atoms with Gasteiger partial charge in [-0.1, -0.05) is 61.9 Å². The number of hydrogen-bond donors (Lipinski definition) is 1. The highest BCUT2D eigenvalue weighted by Gasteiger charge is 2.32. The Morgan fingerprint density at radius 3 is 2.03 bits per heavy atom. The number of likely N-dealkylation sites (N-methyl/N-ethyl adjacent to an activating group) is 1. The average molecular weight is 396 g/mol. The zero-order chi connectivity index (χ0) is 21.6. The highest BCUT2D eigenvalue weighted by molar-refractivity contribution is 5.97. The predicted octanol–water partition coefficient (Wildman–Crippen LogP) is 3.12. The molecule has 0 aliphatic carbocycles. The second-order valence-corrected chi connectivity index (χ2v) is 7.52. The van der Waals surface area contributed by atoms with E-state index in [4.69, 9.17) is 4.74 Å². The van der Waals surface area contributed by atoms with Crippen LogP contribution in [0.1, 0.15) is 41.4 Å². The number of carbonyl (C=O) groups excluding carboxylic acids is 3. The van der Waals surface area contributed by atoms with Crippen LogP contribution in [-0.2, 0) is 14.3 Å². The van der Waals surface area contributed by atoms with Crippen molar-refractivity contribution in [1.29, 1.82) is 0 Å². The third-order valence-corrected chi connectivity index (χ3v) is 4.52. The van der Waals surface area contributed by atoms with E-state index in [1.807, 2.05) is 39.0 Å². The second kappa shape index (κ2) is 9.87. The monoisotopic (exact) mass is 396 g/mol. The third kappa shape index (κ3) is 5.91. The van der Waals surface area contributed by atoms with E-state index in [-0.39, 0.29) is 17.7 Å². The van der Waals surface area contributed by atoms with Gasteiger partial charge in [-0.05, 0) is 25.0 Å². The molecule has 0 bridgehead atoms. The molecular weight excluding hydrogens is 368 g/mol. The minimum absolute atomic E-state index is 0.220. The quantitative estimate of drug-likeness (QED) is 0.730. The minimum atomic E-state index is -1.07. The number of nitrogens with zero attached hydrogens (tertiary/aromatic N) is 1. The van der Waals surface area contributed by atoms with E-state index in [9.17, 15) is 14.4 Å². The molecule has 0 saturated heterocycles. The number of ether oxygens (including phenoxy) is 1. The fraction of sp³-hybridized carbons (Fsp3) is 0.348. The van der Waals surface area contributed by atoms with Crippen molar-refractivity contribution < 1.29 is 19.1 Å². The van der Waals surface area contributed by atoms with Crippen LogP contribution < -0.4 is 5.32 Å². The highest BCUT2D eigenvalue weighted by Crippen LogP contribution is 2.21. The summed E-state index contributed by atoms with van der Waals surface area (Å²) in [5.74, 6) is -1.58. The topological polar surface area (TPSA) is 75.7 Å². The molecule has 2 rings (SSSR count). The van der Waals surface area contributed by atoms with Crippen molar-refractivity contribution in [2.75, 3.05) is 14.1 Å². The molecule has 0 aromatic heterocycles. The zero-order valence-electron chi connectivity index (χ0n) is 17.5. The van der Waals surface area contributed by atoms with Crippen LogP contribution in [0.2, 0.25) is 0 Å². The summed E-state index contributed by atoms with van der Waals surface area (Å²) in [6.45, 7) is 5.56. The summed E-state index contributed by atoms with van der Waals surface area (Å²) < 4.78 is 5.59. The maximum atomic E-state index is 12.9. The molecule has 0 saturated carbocycles. The van der Waals surface area contributed by atoms with Gasteiger partial charge in [-0.2, -0.15) is 0 Å². The van der Waals surface area contributed by atoms with E-state index in [2.05, 4.69) is 5.32 Å². The Morgan fingerprint density at radius 1 is 0.931 bits per heavy atom. The second-order valence-electron chi connectivity index (χ2n) is 7.52. The lowest BCUT2D eigenvalue weighted by molar-refractivity contribution is -0.162. The summed E-state index contributed by atoms with van der Waals surface area (Å²) in [4.78, 5) is 39.5. The van der Waals surface area contributed by atoms with Gasteiger partial charge < -0.3 is 15.0 Å². The SMILES string of the molecule is Cc1ccc(C(=O)N[C@H](C(=O)OC(C(=O)N(C)C)c2ccccc2)C(C)C)cc1. The van der Waals surface area contributed by atoms with Crippen molar-refractivity contribution in [3.05, 3.63) is 71.3 Å². The maximum absolute atomic E-state index is 12.9. The molecule has 6 nitrogen and oxygen atoms in total. The number of amides is 2. The van der Waals surface area contributed by atoms with E-state index < -0.39 is 18.1 Å². The summed E-state index contributed by atoms with van der Waals surface area (Å²) >= 11 is 0. The van der Waals surface area contributed by atoms with Gasteiger partial charge in [-0.25, -0.2) is 4.79 Å².